The van der Waals surface area contributed by atoms with Gasteiger partial charge in [0.2, 0.25) is 97.3 Å². The number of nitrogens with zero attached hydrogens (tertiary/aromatic N) is 16. The molecule has 0 saturated heterocycles. The van der Waals surface area contributed by atoms with Gasteiger partial charge in [0, 0.05) is 5.56 Å². The van der Waals surface area contributed by atoms with Gasteiger partial charge in [-0.25, -0.2) is 107 Å². The van der Waals surface area contributed by atoms with Crippen molar-refractivity contribution >= 4 is 143 Å². The van der Waals surface area contributed by atoms with E-state index in [1.807, 2.05) is 86.6 Å². The molecule has 8 rings (SSSR count). The summed E-state index contributed by atoms with van der Waals surface area (Å²) in [6, 6.07) is 43.1. The molecule has 2 unspecified atom stereocenters. The summed E-state index contributed by atoms with van der Waals surface area (Å²) in [5.41, 5.74) is 13.6. The molecule has 7 aromatic rings. The second kappa shape index (κ2) is 59.6. The predicted molar refractivity (Wildman–Crippen MR) is 418 cm³/mol. The lowest BCUT2D eigenvalue weighted by Gasteiger charge is -2.44. The van der Waals surface area contributed by atoms with Crippen molar-refractivity contribution in [3.8, 4) is 11.1 Å². The zero-order valence-electron chi connectivity index (χ0n) is 63.0. The van der Waals surface area contributed by atoms with E-state index in [2.05, 4.69) is 101 Å². The second-order valence-corrected chi connectivity index (χ2v) is 24.5. The maximum absolute atomic E-state index is 10.3. The maximum atomic E-state index is 10.3. The Hall–Kier alpha value is -15.4. The van der Waals surface area contributed by atoms with Crippen molar-refractivity contribution in [1.29, 1.82) is 0 Å². The summed E-state index contributed by atoms with van der Waals surface area (Å²) in [7, 11) is 0. The first-order valence-electron chi connectivity index (χ1n) is 33.8. The van der Waals surface area contributed by atoms with E-state index < -0.39 is 0 Å². The van der Waals surface area contributed by atoms with Crippen LogP contribution in [0.2, 0.25) is 0 Å². The van der Waals surface area contributed by atoms with Crippen molar-refractivity contribution in [3.63, 3.8) is 0 Å². The van der Waals surface area contributed by atoms with Crippen molar-refractivity contribution in [2.75, 3.05) is 26.3 Å². The van der Waals surface area contributed by atoms with E-state index in [9.17, 15) is 76.7 Å². The third-order valence-electron chi connectivity index (χ3n) is 15.3. The van der Waals surface area contributed by atoms with Crippen molar-refractivity contribution in [2.24, 2.45) is 90.7 Å². The average molecular weight is 1540 g/mol. The number of rotatable bonds is 27. The summed E-state index contributed by atoms with van der Waals surface area (Å²) in [5, 5.41) is 0. The maximum Gasteiger partial charge on any atom is 0.240 e. The van der Waals surface area contributed by atoms with E-state index in [1.165, 1.54) is 79.0 Å². The third kappa shape index (κ3) is 42.2. The van der Waals surface area contributed by atoms with Gasteiger partial charge in [-0.2, -0.15) is 49.9 Å². The molecule has 1 aliphatic rings. The summed E-state index contributed by atoms with van der Waals surface area (Å²) in [6.45, 7) is 15.7. The molecule has 0 heterocycles. The first-order chi connectivity index (χ1) is 55.1. The standard InChI is InChI=1S/C16H12N2O2.C15H10N2O2.C12H18N2O2.C10H8N2O2.2C9H6N2O2.C8H12N2O2.C3H2N2O2/c1-11-7-13(3-5-15(11)17-9-19)14-4-6-16(18-10-20)12(2)8-14;18-10-16-14-5-1-12(2-6-14)9-13-3-7-15(8-4-13)17-11-19;1-11(2)4-10(14-9-16)5-12(3,6-11)7-13-8-15;13-7-11-5-9-2-1-3-10(4-9)6-12-8-14;1-7-2-3-8(10-5-12)4-9(7)11-6-13;1-7-8(10-5-12)3-2-4-9(7)11-6-13;11-7-9-5-3-1-2-4-6-10-8-12;6-2-4-1-5-3-7/h3-8H,1-2H3;1-8H,9H2;10H,4-7H2,1-3H3;1-4H,5-6H2;2*2-4H,1H3;1-6H2;1H2. The van der Waals surface area contributed by atoms with E-state index in [-0.39, 0.29) is 23.5 Å². The molecule has 2 atom stereocenters. The minimum Gasteiger partial charge on any atom is -0.211 e. The number of carbonyl (C=O) groups excluding carboxylic acids is 16. The number of isocyanates is 16. The molecule has 114 heavy (non-hydrogen) atoms. The number of hydrogen-bond acceptors (Lipinski definition) is 32. The Balaban J connectivity index is 0.000000660. The Morgan fingerprint density at radius 1 is 0.325 bits per heavy atom. The highest BCUT2D eigenvalue weighted by atomic mass is 16.2. The van der Waals surface area contributed by atoms with E-state index in [1.54, 1.807) is 105 Å². The highest BCUT2D eigenvalue weighted by molar-refractivity contribution is 5.72. The van der Waals surface area contributed by atoms with Gasteiger partial charge in [0.25, 0.3) is 0 Å². The molecule has 0 amide bonds. The zero-order valence-corrected chi connectivity index (χ0v) is 63.0. The third-order valence-corrected chi connectivity index (χ3v) is 15.3. The largest absolute Gasteiger partial charge is 0.240 e. The molecule has 0 bridgehead atoms. The molecule has 32 heteroatoms. The molecule has 1 saturated carbocycles. The first-order valence-corrected chi connectivity index (χ1v) is 33.8. The molecule has 7 aromatic carbocycles. The minimum absolute atomic E-state index is 0.00750. The monoisotopic (exact) mass is 1540 g/mol. The van der Waals surface area contributed by atoms with Crippen LogP contribution in [-0.2, 0) is 96.2 Å². The fraction of sp³-hybridized carbons (Fsp3) is 0.293. The summed E-state index contributed by atoms with van der Waals surface area (Å²) < 4.78 is 0. The minimum atomic E-state index is -0.160. The summed E-state index contributed by atoms with van der Waals surface area (Å²) in [4.78, 5) is 214. The number of benzene rings is 7. The van der Waals surface area contributed by atoms with Gasteiger partial charge in [0.05, 0.1) is 84.3 Å². The van der Waals surface area contributed by atoms with Crippen LogP contribution in [0.4, 0.5) is 45.5 Å². The summed E-state index contributed by atoms with van der Waals surface area (Å²) in [6.07, 6.45) is 30.6. The van der Waals surface area contributed by atoms with Crippen molar-refractivity contribution in [2.45, 2.75) is 119 Å². The molecule has 1 fully saturated rings. The van der Waals surface area contributed by atoms with Crippen LogP contribution in [0.15, 0.2) is 225 Å². The summed E-state index contributed by atoms with van der Waals surface area (Å²) in [5.74, 6) is 0. The van der Waals surface area contributed by atoms with Gasteiger partial charge >= 0.3 is 0 Å². The normalized spacial score (nSPS) is 11.9. The number of aliphatic imine (C=N–C) groups is 16. The lowest BCUT2D eigenvalue weighted by molar-refractivity contribution is 0.0915. The number of aryl methyl sites for hydroxylation is 3. The van der Waals surface area contributed by atoms with E-state index in [0.29, 0.717) is 83.8 Å². The van der Waals surface area contributed by atoms with Crippen LogP contribution in [-0.4, -0.2) is 130 Å². The van der Waals surface area contributed by atoms with Gasteiger partial charge in [-0.3, -0.25) is 0 Å². The molecule has 0 aliphatic heterocycles. The van der Waals surface area contributed by atoms with Crippen LogP contribution in [0.5, 0.6) is 0 Å². The van der Waals surface area contributed by atoms with E-state index >= 15 is 0 Å². The molecule has 578 valence electrons. The lowest BCUT2D eigenvalue weighted by Crippen LogP contribution is -2.39. The molecule has 0 spiro atoms. The average Bonchev–Trinajstić information content (AvgIpc) is 0.799. The number of unbranched alkanes of at least 4 members (excludes halogenated alkanes) is 3. The van der Waals surface area contributed by atoms with Crippen LogP contribution in [0.25, 0.3) is 11.1 Å². The van der Waals surface area contributed by atoms with Crippen LogP contribution in [0, 0.1) is 38.5 Å². The Bertz CT molecular complexity index is 4910. The highest BCUT2D eigenvalue weighted by Crippen LogP contribution is 2.47. The smallest absolute Gasteiger partial charge is 0.211 e. The van der Waals surface area contributed by atoms with Crippen LogP contribution in [0.3, 0.4) is 0 Å². The first kappa shape index (κ1) is 96.6. The zero-order chi connectivity index (χ0) is 84.5. The number of hydrogen-bond donors (Lipinski definition) is 0. The molecule has 1 aliphatic carbocycles. The van der Waals surface area contributed by atoms with E-state index in [4.69, 9.17) is 0 Å². The Morgan fingerprint density at radius 3 is 1.12 bits per heavy atom. The Morgan fingerprint density at radius 2 is 0.719 bits per heavy atom. The fourth-order valence-electron chi connectivity index (χ4n) is 10.7. The predicted octanol–water partition coefficient (Wildman–Crippen LogP) is 15.4. The van der Waals surface area contributed by atoms with Crippen LogP contribution in [0.1, 0.15) is 110 Å². The van der Waals surface area contributed by atoms with Crippen LogP contribution < -0.4 is 0 Å². The topological polar surface area (TPSA) is 471 Å². The van der Waals surface area contributed by atoms with E-state index in [0.717, 1.165) is 101 Å². The molecule has 32 nitrogen and oxygen atoms in total. The molecule has 0 aromatic heterocycles. The summed E-state index contributed by atoms with van der Waals surface area (Å²) >= 11 is 0. The lowest BCUT2D eigenvalue weighted by atomic mass is 9.63. The second-order valence-electron chi connectivity index (χ2n) is 24.5. The van der Waals surface area contributed by atoms with Gasteiger partial charge < -0.3 is 0 Å². The Labute approximate surface area is 653 Å². The van der Waals surface area contributed by atoms with Gasteiger partial charge in [0.1, 0.15) is 0 Å². The van der Waals surface area contributed by atoms with Gasteiger partial charge in [-0.05, 0) is 200 Å². The molecule has 0 N–H and O–H groups in total. The van der Waals surface area contributed by atoms with Gasteiger partial charge in [-0.1, -0.05) is 106 Å². The quantitative estimate of drug-likeness (QED) is 0.0262. The fourth-order valence-corrected chi connectivity index (χ4v) is 10.7. The van der Waals surface area contributed by atoms with Crippen molar-refractivity contribution in [3.05, 3.63) is 190 Å². The molecular weight excluding hydrogens is 1460 g/mol. The van der Waals surface area contributed by atoms with Gasteiger partial charge in [-0.15, -0.1) is 0 Å². The van der Waals surface area contributed by atoms with Gasteiger partial charge in [0.15, 0.2) is 6.67 Å². The van der Waals surface area contributed by atoms with Crippen molar-refractivity contribution < 1.29 is 76.7 Å². The Kier molecular flexibility index (Phi) is 50.5. The molecular formula is C82H74N16O16. The SMILES string of the molecule is CC1(C)CC(N=C=O)CC(C)(CN=C=O)C1.Cc1c(N=C=O)cccc1N=C=O.Cc1cc(-c2ccc(N=C=O)c(C)c2)ccc1N=C=O.Cc1ccc(N=C=O)cc1N=C=O.O=C=NCCCCCCN=C=O.O=C=NCN=C=O.O=C=NCc1cccc(CN=C=O)c1.O=C=Nc1ccc(Cc2ccc(N=C=O)cc2)cc1. The van der Waals surface area contributed by atoms with Crippen molar-refractivity contribution in [1.82, 2.24) is 0 Å². The molecule has 0 radical (unpaired) electrons. The van der Waals surface area contributed by atoms with Crippen LogP contribution >= 0.6 is 0 Å². The highest BCUT2D eigenvalue weighted by Gasteiger charge is 2.41.